The Morgan fingerprint density at radius 1 is 1.13 bits per heavy atom. The predicted octanol–water partition coefficient (Wildman–Crippen LogP) is 2.84. The molecule has 2 N–H and O–H groups in total. The first-order valence-corrected chi connectivity index (χ1v) is 12.5. The van der Waals surface area contributed by atoms with Gasteiger partial charge in [-0.3, -0.25) is 10.1 Å². The van der Waals surface area contributed by atoms with Gasteiger partial charge in [0.2, 0.25) is 21.1 Å². The van der Waals surface area contributed by atoms with Crippen molar-refractivity contribution in [3.8, 4) is 11.5 Å². The fraction of sp³-hybridized carbons (Fsp3) is 0.550. The molecule has 1 aromatic heterocycles. The molecular weight excluding hydrogens is 440 g/mol. The number of hydrogen-bond donors (Lipinski definition) is 2. The lowest BCUT2D eigenvalue weighted by Gasteiger charge is -2.21. The smallest absolute Gasteiger partial charge is 0.244 e. The van der Waals surface area contributed by atoms with Crippen LogP contribution in [0.4, 0.5) is 5.13 Å². The highest BCUT2D eigenvalue weighted by molar-refractivity contribution is 7.89. The first-order chi connectivity index (χ1) is 14.7. The quantitative estimate of drug-likeness (QED) is 0.611. The van der Waals surface area contributed by atoms with E-state index in [1.54, 1.807) is 19.9 Å². The third-order valence-corrected chi connectivity index (χ3v) is 6.84. The number of hydrogen-bond acceptors (Lipinski definition) is 8. The van der Waals surface area contributed by atoms with Crippen LogP contribution < -0.4 is 19.5 Å². The number of carbonyl (C=O) groups excluding carboxylic acids is 1. The number of benzene rings is 1. The molecule has 0 fully saturated rings. The Kier molecular flexibility index (Phi) is 7.50. The minimum absolute atomic E-state index is 0.00494. The van der Waals surface area contributed by atoms with Crippen LogP contribution >= 0.6 is 11.3 Å². The van der Waals surface area contributed by atoms with E-state index in [0.717, 1.165) is 17.8 Å². The summed E-state index contributed by atoms with van der Waals surface area (Å²) in [5, 5.41) is 11.9. The molecule has 11 heteroatoms. The number of nitrogens with one attached hydrogen (secondary N) is 2. The van der Waals surface area contributed by atoms with Gasteiger partial charge in [0.15, 0.2) is 11.5 Å². The molecule has 0 saturated carbocycles. The molecule has 1 aliphatic heterocycles. The monoisotopic (exact) mass is 468 g/mol. The summed E-state index contributed by atoms with van der Waals surface area (Å²) in [5.41, 5.74) is 0. The van der Waals surface area contributed by atoms with Gasteiger partial charge in [0.25, 0.3) is 0 Å². The van der Waals surface area contributed by atoms with Crippen molar-refractivity contribution in [3.05, 3.63) is 23.2 Å². The number of amides is 1. The van der Waals surface area contributed by atoms with Crippen molar-refractivity contribution in [1.82, 2.24) is 14.9 Å². The highest BCUT2D eigenvalue weighted by atomic mass is 32.2. The molecule has 170 valence electrons. The van der Waals surface area contributed by atoms with Crippen molar-refractivity contribution in [2.45, 2.75) is 51.5 Å². The van der Waals surface area contributed by atoms with Crippen LogP contribution in [0.1, 0.15) is 39.1 Å². The van der Waals surface area contributed by atoms with Gasteiger partial charge in [-0.25, -0.2) is 8.42 Å². The van der Waals surface area contributed by atoms with Crippen molar-refractivity contribution < 1.29 is 22.7 Å². The van der Waals surface area contributed by atoms with Crippen LogP contribution in [0.2, 0.25) is 0 Å². The Hall–Kier alpha value is -2.24. The van der Waals surface area contributed by atoms with E-state index in [1.165, 1.54) is 23.5 Å². The van der Waals surface area contributed by atoms with Gasteiger partial charge in [0, 0.05) is 18.9 Å². The lowest BCUT2D eigenvalue weighted by molar-refractivity contribution is -0.118. The van der Waals surface area contributed by atoms with Gasteiger partial charge < -0.3 is 9.47 Å². The van der Waals surface area contributed by atoms with Gasteiger partial charge in [-0.15, -0.1) is 10.2 Å². The first-order valence-electron chi connectivity index (χ1n) is 10.2. The Bertz CT molecular complexity index is 1020. The van der Waals surface area contributed by atoms with E-state index in [-0.39, 0.29) is 10.8 Å². The fourth-order valence-electron chi connectivity index (χ4n) is 2.96. The Morgan fingerprint density at radius 2 is 1.84 bits per heavy atom. The van der Waals surface area contributed by atoms with Crippen molar-refractivity contribution in [3.63, 3.8) is 0 Å². The molecule has 0 aliphatic carbocycles. The molecule has 1 unspecified atom stereocenters. The highest BCUT2D eigenvalue weighted by Crippen LogP contribution is 2.32. The Morgan fingerprint density at radius 3 is 2.52 bits per heavy atom. The molecule has 0 radical (unpaired) electrons. The maximum atomic E-state index is 13.0. The molecule has 1 amide bonds. The van der Waals surface area contributed by atoms with Gasteiger partial charge in [-0.2, -0.15) is 4.72 Å². The van der Waals surface area contributed by atoms with Gasteiger partial charge >= 0.3 is 0 Å². The topological polar surface area (TPSA) is 120 Å². The van der Waals surface area contributed by atoms with Gasteiger partial charge in [0.05, 0.1) is 18.1 Å². The lowest BCUT2D eigenvalue weighted by atomic mass is 10.1. The van der Waals surface area contributed by atoms with Crippen LogP contribution in [-0.4, -0.2) is 43.8 Å². The van der Waals surface area contributed by atoms with Crippen molar-refractivity contribution in [2.24, 2.45) is 11.8 Å². The normalized spacial score (nSPS) is 15.0. The van der Waals surface area contributed by atoms with Crippen LogP contribution in [0.15, 0.2) is 23.1 Å². The molecule has 0 spiro atoms. The number of fused-ring (bicyclic) bond motifs is 1. The molecule has 1 atom stereocenters. The van der Waals surface area contributed by atoms with Crippen molar-refractivity contribution in [2.75, 3.05) is 18.5 Å². The fourth-order valence-corrected chi connectivity index (χ4v) is 5.27. The van der Waals surface area contributed by atoms with Crippen molar-refractivity contribution in [1.29, 1.82) is 0 Å². The second kappa shape index (κ2) is 9.92. The second-order valence-electron chi connectivity index (χ2n) is 8.09. The third kappa shape index (κ3) is 6.14. The van der Waals surface area contributed by atoms with Gasteiger partial charge in [-0.1, -0.05) is 39.0 Å². The summed E-state index contributed by atoms with van der Waals surface area (Å²) in [6.07, 6.45) is 1.48. The van der Waals surface area contributed by atoms with Crippen LogP contribution in [0.5, 0.6) is 11.5 Å². The molecular formula is C20H28N4O5S2. The molecule has 2 aromatic rings. The van der Waals surface area contributed by atoms with Crippen molar-refractivity contribution >= 4 is 32.4 Å². The van der Waals surface area contributed by atoms with Gasteiger partial charge in [-0.05, 0) is 24.0 Å². The summed E-state index contributed by atoms with van der Waals surface area (Å²) in [6.45, 7) is 8.64. The summed E-state index contributed by atoms with van der Waals surface area (Å²) in [6, 6.07) is 3.44. The zero-order valence-corrected chi connectivity index (χ0v) is 19.7. The second-order valence-corrected chi connectivity index (χ2v) is 10.9. The first kappa shape index (κ1) is 23.4. The minimum Gasteiger partial charge on any atom is -0.490 e. The van der Waals surface area contributed by atoms with E-state index in [0.29, 0.717) is 35.8 Å². The van der Waals surface area contributed by atoms with Crippen LogP contribution in [0.3, 0.4) is 0 Å². The average molecular weight is 469 g/mol. The van der Waals surface area contributed by atoms with E-state index in [1.807, 2.05) is 0 Å². The zero-order valence-electron chi connectivity index (χ0n) is 18.0. The third-order valence-electron chi connectivity index (χ3n) is 4.54. The number of ether oxygens (including phenoxy) is 2. The van der Waals surface area contributed by atoms with Crippen LogP contribution in [0.25, 0.3) is 0 Å². The van der Waals surface area contributed by atoms with Crippen LogP contribution in [-0.2, 0) is 21.2 Å². The molecule has 3 rings (SSSR count). The molecule has 0 bridgehead atoms. The van der Waals surface area contributed by atoms with E-state index in [9.17, 15) is 13.2 Å². The maximum Gasteiger partial charge on any atom is 0.244 e. The number of carbonyl (C=O) groups is 1. The summed E-state index contributed by atoms with van der Waals surface area (Å²) >= 11 is 1.29. The standard InChI is InChI=1S/C20H28N4O5S2/c1-12(2)10-17-22-23-20(30-17)21-19(25)18(13(3)4)24-31(26,27)14-6-7-15-16(11-14)29-9-5-8-28-15/h6-7,11-13,18,24H,5,8-10H2,1-4H3,(H,21,23,25). The number of rotatable bonds is 8. The van der Waals surface area contributed by atoms with E-state index in [2.05, 4.69) is 34.1 Å². The molecule has 1 aliphatic rings. The number of nitrogens with zero attached hydrogens (tertiary/aromatic N) is 2. The number of aromatic nitrogens is 2. The molecule has 0 saturated heterocycles. The summed E-state index contributed by atoms with van der Waals surface area (Å²) in [7, 11) is -3.98. The molecule has 31 heavy (non-hydrogen) atoms. The summed E-state index contributed by atoms with van der Waals surface area (Å²) < 4.78 is 39.6. The number of sulfonamides is 1. The van der Waals surface area contributed by atoms with Gasteiger partial charge in [0.1, 0.15) is 11.0 Å². The molecule has 9 nitrogen and oxygen atoms in total. The van der Waals surface area contributed by atoms with E-state index < -0.39 is 22.0 Å². The predicted molar refractivity (Wildman–Crippen MR) is 118 cm³/mol. The SMILES string of the molecule is CC(C)Cc1nnc(NC(=O)C(NS(=O)(=O)c2ccc3c(c2)OCCCO3)C(C)C)s1. The Balaban J connectivity index is 1.74. The maximum absolute atomic E-state index is 13.0. The number of anilines is 1. The minimum atomic E-state index is -3.98. The zero-order chi connectivity index (χ0) is 22.6. The molecule has 1 aromatic carbocycles. The Labute approximate surface area is 186 Å². The summed E-state index contributed by atoms with van der Waals surface area (Å²) in [5.74, 6) is 0.515. The van der Waals surface area contributed by atoms with Crippen LogP contribution in [0, 0.1) is 11.8 Å². The largest absolute Gasteiger partial charge is 0.490 e. The lowest BCUT2D eigenvalue weighted by Crippen LogP contribution is -2.47. The summed E-state index contributed by atoms with van der Waals surface area (Å²) in [4.78, 5) is 12.8. The van der Waals surface area contributed by atoms with E-state index in [4.69, 9.17) is 9.47 Å². The van der Waals surface area contributed by atoms with E-state index >= 15 is 0 Å². The average Bonchev–Trinajstić information content (AvgIpc) is 2.98. The molecule has 2 heterocycles. The highest BCUT2D eigenvalue weighted by Gasteiger charge is 2.30.